The van der Waals surface area contributed by atoms with Gasteiger partial charge in [0.2, 0.25) is 0 Å². The Labute approximate surface area is 288 Å². The summed E-state index contributed by atoms with van der Waals surface area (Å²) in [6, 6.07) is 4.80. The number of alkyl carbamates (subject to hydrolysis) is 1. The normalized spacial score (nSPS) is 20.2. The highest BCUT2D eigenvalue weighted by Gasteiger charge is 2.55. The minimum Gasteiger partial charge on any atom is -0.447 e. The lowest BCUT2D eigenvalue weighted by Crippen LogP contribution is -2.54. The number of non-ortho nitro benzene ring substituents is 1. The molecule has 268 valence electrons. The number of nitro benzene ring substituents is 1. The van der Waals surface area contributed by atoms with Gasteiger partial charge in [0.15, 0.2) is 39.8 Å². The zero-order valence-corrected chi connectivity index (χ0v) is 32.0. The van der Waals surface area contributed by atoms with Crippen LogP contribution in [0.2, 0.25) is 36.3 Å². The van der Waals surface area contributed by atoms with E-state index in [0.717, 1.165) is 0 Å². The maximum Gasteiger partial charge on any atom is 0.406 e. The number of nitro groups is 1. The van der Waals surface area contributed by atoms with Crippen LogP contribution in [0.1, 0.15) is 47.8 Å². The van der Waals surface area contributed by atoms with Gasteiger partial charge >= 0.3 is 12.1 Å². The van der Waals surface area contributed by atoms with Crippen LogP contribution in [-0.4, -0.2) is 85.2 Å². The molecule has 1 aliphatic rings. The smallest absolute Gasteiger partial charge is 0.406 e. The Morgan fingerprint density at radius 1 is 0.939 bits per heavy atom. The minimum atomic E-state index is -2.45. The number of ether oxygens (including phenoxy) is 2. The molecular weight excluding hydrogens is 669 g/mol. The minimum absolute atomic E-state index is 0.0793. The summed E-state index contributed by atoms with van der Waals surface area (Å²) in [5.41, 5.74) is 0.913. The zero-order valence-electron chi connectivity index (χ0n) is 30.0. The van der Waals surface area contributed by atoms with E-state index in [1.807, 2.05) is 0 Å². The van der Waals surface area contributed by atoms with E-state index < -0.39 is 58.2 Å². The van der Waals surface area contributed by atoms with Gasteiger partial charge in [0, 0.05) is 24.9 Å². The summed E-state index contributed by atoms with van der Waals surface area (Å²) >= 11 is 0. The average molecular weight is 717 g/mol. The van der Waals surface area contributed by atoms with Crippen LogP contribution in [0.3, 0.4) is 0 Å². The monoisotopic (exact) mass is 716 g/mol. The number of carbonyl (C=O) groups excluding carboxylic acids is 2. The number of carbonyl (C=O) groups is 2. The number of nitrogens with one attached hydrogen (secondary N) is 3. The van der Waals surface area contributed by atoms with Crippen LogP contribution < -0.4 is 16.0 Å². The molecule has 3 aromatic rings. The van der Waals surface area contributed by atoms with Gasteiger partial charge in [0.25, 0.3) is 5.69 Å². The first kappa shape index (κ1) is 37.8. The van der Waals surface area contributed by atoms with Crippen molar-refractivity contribution in [1.82, 2.24) is 24.8 Å². The predicted octanol–water partition coefficient (Wildman–Crippen LogP) is 6.41. The number of amides is 3. The van der Waals surface area contributed by atoms with E-state index >= 15 is 0 Å². The molecule has 0 unspecified atom stereocenters. The second kappa shape index (κ2) is 14.1. The summed E-state index contributed by atoms with van der Waals surface area (Å²) < 4.78 is 28.1. The van der Waals surface area contributed by atoms with Crippen molar-refractivity contribution in [3.8, 4) is 0 Å². The quantitative estimate of drug-likeness (QED) is 0.119. The first-order valence-corrected chi connectivity index (χ1v) is 21.8. The number of aromatic nitrogens is 4. The molecule has 2 aromatic heterocycles. The van der Waals surface area contributed by atoms with Gasteiger partial charge in [-0.15, -0.1) is 0 Å². The molecule has 0 bridgehead atoms. The maximum atomic E-state index is 12.9. The molecule has 18 heteroatoms. The molecule has 0 radical (unpaired) electrons. The second-order valence-corrected chi connectivity index (χ2v) is 24.5. The van der Waals surface area contributed by atoms with Crippen LogP contribution in [0.15, 0.2) is 36.9 Å². The van der Waals surface area contributed by atoms with Gasteiger partial charge < -0.3 is 29.0 Å². The highest BCUT2D eigenvalue weighted by Crippen LogP contribution is 2.46. The number of rotatable bonds is 10. The van der Waals surface area contributed by atoms with Gasteiger partial charge in [-0.05, 0) is 48.4 Å². The van der Waals surface area contributed by atoms with Gasteiger partial charge in [-0.2, -0.15) is 0 Å². The fourth-order valence-electron chi connectivity index (χ4n) is 4.66. The fourth-order valence-corrected chi connectivity index (χ4v) is 7.27. The van der Waals surface area contributed by atoms with Crippen molar-refractivity contribution in [1.29, 1.82) is 0 Å². The fraction of sp³-hybridized carbons (Fsp3) is 0.581. The molecule has 4 rings (SSSR count). The summed E-state index contributed by atoms with van der Waals surface area (Å²) in [6.07, 6.45) is -0.452. The van der Waals surface area contributed by atoms with Crippen molar-refractivity contribution >= 4 is 57.1 Å². The number of anilines is 2. The van der Waals surface area contributed by atoms with Crippen molar-refractivity contribution in [2.75, 3.05) is 24.3 Å². The largest absolute Gasteiger partial charge is 0.447 e. The van der Waals surface area contributed by atoms with Crippen LogP contribution in [0, 0.1) is 10.1 Å². The number of hydrogen-bond acceptors (Lipinski definition) is 11. The van der Waals surface area contributed by atoms with Crippen molar-refractivity contribution < 1.29 is 32.8 Å². The summed E-state index contributed by atoms with van der Waals surface area (Å²) in [5.74, 6) is 0.136. The van der Waals surface area contributed by atoms with Crippen molar-refractivity contribution in [3.05, 3.63) is 47.0 Å². The topological polar surface area (TPSA) is 194 Å². The first-order chi connectivity index (χ1) is 22.6. The second-order valence-electron chi connectivity index (χ2n) is 15.0. The molecule has 3 N–H and O–H groups in total. The lowest BCUT2D eigenvalue weighted by molar-refractivity contribution is -0.384. The molecule has 4 atom stereocenters. The van der Waals surface area contributed by atoms with E-state index in [-0.39, 0.29) is 28.2 Å². The summed E-state index contributed by atoms with van der Waals surface area (Å²) in [4.78, 5) is 48.8. The number of imidazole rings is 1. The highest BCUT2D eigenvalue weighted by molar-refractivity contribution is 6.74. The van der Waals surface area contributed by atoms with E-state index in [2.05, 4.69) is 98.6 Å². The van der Waals surface area contributed by atoms with Crippen LogP contribution in [0.4, 0.5) is 26.8 Å². The molecule has 1 aliphatic heterocycles. The van der Waals surface area contributed by atoms with Gasteiger partial charge in [-0.1, -0.05) is 41.5 Å². The predicted molar refractivity (Wildman–Crippen MR) is 190 cm³/mol. The molecule has 3 amide bonds. The number of urea groups is 1. The molecule has 0 aliphatic carbocycles. The molecule has 0 spiro atoms. The van der Waals surface area contributed by atoms with E-state index in [1.165, 1.54) is 37.6 Å². The molecule has 16 nitrogen and oxygen atoms in total. The Hall–Kier alpha value is -3.98. The first-order valence-electron chi connectivity index (χ1n) is 16.0. The lowest BCUT2D eigenvalue weighted by Gasteiger charge is -2.44. The number of hydrogen-bond donors (Lipinski definition) is 3. The third-order valence-electron chi connectivity index (χ3n) is 9.54. The Morgan fingerprint density at radius 2 is 1.53 bits per heavy atom. The molecule has 3 heterocycles. The number of fused-ring (bicyclic) bond motifs is 1. The molecule has 1 fully saturated rings. The third-order valence-corrected chi connectivity index (χ3v) is 18.5. The molecule has 1 aromatic carbocycles. The van der Waals surface area contributed by atoms with E-state index in [0.29, 0.717) is 16.9 Å². The zero-order chi connectivity index (χ0) is 36.5. The van der Waals surface area contributed by atoms with Crippen molar-refractivity contribution in [2.24, 2.45) is 0 Å². The molecule has 1 saturated heterocycles. The Morgan fingerprint density at radius 3 is 2.08 bits per heavy atom. The number of nitrogens with zero attached hydrogens (tertiary/aromatic N) is 5. The van der Waals surface area contributed by atoms with Crippen LogP contribution >= 0.6 is 0 Å². The Kier molecular flexibility index (Phi) is 10.9. The van der Waals surface area contributed by atoms with E-state index in [1.54, 1.807) is 10.9 Å². The molecule has 49 heavy (non-hydrogen) atoms. The average Bonchev–Trinajstić information content (AvgIpc) is 3.56. The van der Waals surface area contributed by atoms with Crippen LogP contribution in [0.25, 0.3) is 11.2 Å². The third kappa shape index (κ3) is 8.43. The van der Waals surface area contributed by atoms with E-state index in [4.69, 9.17) is 18.3 Å². The Balaban J connectivity index is 1.72. The van der Waals surface area contributed by atoms with E-state index in [9.17, 15) is 19.7 Å². The number of benzene rings is 1. The van der Waals surface area contributed by atoms with Gasteiger partial charge in [0.1, 0.15) is 31.2 Å². The van der Waals surface area contributed by atoms with Crippen molar-refractivity contribution in [2.45, 2.75) is 102 Å². The summed E-state index contributed by atoms with van der Waals surface area (Å²) in [6.45, 7) is 21.4. The van der Waals surface area contributed by atoms with Crippen molar-refractivity contribution in [3.63, 3.8) is 0 Å². The Bertz CT molecular complexity index is 1670. The van der Waals surface area contributed by atoms with Gasteiger partial charge in [-0.3, -0.25) is 20.0 Å². The van der Waals surface area contributed by atoms with Gasteiger partial charge in [-0.25, -0.2) is 24.5 Å². The SMILES string of the molecule is CNC(=O)OC[C@H]1O[C@@H](n2cnc3c(NC(=O)Nc4ccc([N+](=O)[O-])cc4)ncnc32)[C@H](O[Si](C)(C)C(C)(C)C)[C@@H]1O[Si](C)(C)C(C)(C)C. The van der Waals surface area contributed by atoms with Crippen LogP contribution in [-0.2, 0) is 18.3 Å². The maximum absolute atomic E-state index is 12.9. The van der Waals surface area contributed by atoms with Gasteiger partial charge in [0.05, 0.1) is 11.3 Å². The molecular formula is C31H48N8O8Si2. The highest BCUT2D eigenvalue weighted by atomic mass is 28.4. The summed E-state index contributed by atoms with van der Waals surface area (Å²) in [5, 5.41) is 18.5. The van der Waals surface area contributed by atoms with Crippen LogP contribution in [0.5, 0.6) is 0 Å². The summed E-state index contributed by atoms with van der Waals surface area (Å²) in [7, 11) is -3.38. The lowest BCUT2D eigenvalue weighted by atomic mass is 10.1. The standard InChI is InChI=1S/C31H48N8O8Si2/c1-30(2,3)48(8,9)46-23-21(16-44-29(41)32-7)45-27(24(23)47-49(10,11)31(4,5)6)38-18-35-22-25(33-17-34-26(22)38)37-28(40)36-19-12-14-20(15-13-19)39(42)43/h12-15,17-18,21,23-24,27H,16H2,1-11H3,(H,32,41)(H2,33,34,36,37,40)/t21-,23-,24-,27-/m1/s1. The molecule has 0 saturated carbocycles.